The first-order valence-electron chi connectivity index (χ1n) is 12.3. The topological polar surface area (TPSA) is 84.8 Å². The summed E-state index contributed by atoms with van der Waals surface area (Å²) in [6.07, 6.45) is 0.764. The number of amides is 1. The fourth-order valence-electron chi connectivity index (χ4n) is 3.45. The second kappa shape index (κ2) is 10.6. The lowest BCUT2D eigenvalue weighted by Gasteiger charge is -2.36. The molecule has 0 atom stereocenters. The maximum Gasteiger partial charge on any atom is 0.411 e. The van der Waals surface area contributed by atoms with Gasteiger partial charge < -0.3 is 14.3 Å². The molecule has 0 spiro atoms. The van der Waals surface area contributed by atoms with Gasteiger partial charge >= 0.3 is 6.09 Å². The zero-order chi connectivity index (χ0) is 26.7. The predicted molar refractivity (Wildman–Crippen MR) is 148 cm³/mol. The van der Waals surface area contributed by atoms with E-state index < -0.39 is 14.4 Å². The summed E-state index contributed by atoms with van der Waals surface area (Å²) in [6.45, 7) is 18.6. The second-order valence-corrected chi connectivity index (χ2v) is 16.6. The third kappa shape index (κ3) is 7.04. The molecular formula is C28H39N3O4Si. The van der Waals surface area contributed by atoms with Gasteiger partial charge in [0, 0.05) is 23.9 Å². The molecule has 0 aliphatic carbocycles. The van der Waals surface area contributed by atoms with Gasteiger partial charge in [0.25, 0.3) is 0 Å². The van der Waals surface area contributed by atoms with Crippen molar-refractivity contribution >= 4 is 31.1 Å². The van der Waals surface area contributed by atoms with E-state index in [0.29, 0.717) is 31.1 Å². The van der Waals surface area contributed by atoms with Crippen LogP contribution >= 0.6 is 0 Å². The molecule has 1 heterocycles. The number of carboxylic acid groups (broad SMARTS) is 1. The van der Waals surface area contributed by atoms with Crippen LogP contribution in [0, 0.1) is 5.41 Å². The molecule has 0 unspecified atom stereocenters. The molecule has 0 saturated heterocycles. The number of rotatable bonds is 8. The van der Waals surface area contributed by atoms with E-state index in [1.54, 1.807) is 6.20 Å². The summed E-state index contributed by atoms with van der Waals surface area (Å²) in [5.41, 5.74) is 3.57. The van der Waals surface area contributed by atoms with Crippen LogP contribution < -0.4 is 9.64 Å². The van der Waals surface area contributed by atoms with Crippen LogP contribution in [-0.2, 0) is 4.43 Å². The first-order valence-corrected chi connectivity index (χ1v) is 15.2. The Morgan fingerprint density at radius 1 is 0.972 bits per heavy atom. The number of hydrogen-bond acceptors (Lipinski definition) is 5. The highest BCUT2D eigenvalue weighted by Gasteiger charge is 2.36. The van der Waals surface area contributed by atoms with Crippen molar-refractivity contribution in [2.24, 2.45) is 5.41 Å². The molecule has 3 aromatic rings. The Hall–Kier alpha value is -2.97. The quantitative estimate of drug-likeness (QED) is 0.255. The highest BCUT2D eigenvalue weighted by Crippen LogP contribution is 2.36. The minimum atomic E-state index is -1.80. The van der Waals surface area contributed by atoms with Gasteiger partial charge in [-0.3, -0.25) is 9.88 Å². The summed E-state index contributed by atoms with van der Waals surface area (Å²) in [6, 6.07) is 13.1. The Bertz CT molecular complexity index is 1200. The van der Waals surface area contributed by atoms with Gasteiger partial charge in [0.2, 0.25) is 0 Å². The normalized spacial score (nSPS) is 12.6. The molecule has 0 aliphatic heterocycles. The molecule has 1 N–H and O–H groups in total. The van der Waals surface area contributed by atoms with Gasteiger partial charge in [-0.15, -0.1) is 0 Å². The molecule has 0 saturated carbocycles. The fraction of sp³-hybridized carbons (Fsp3) is 0.464. The molecule has 0 bridgehead atoms. The molecule has 8 heteroatoms. The maximum absolute atomic E-state index is 11.8. The average molecular weight is 510 g/mol. The van der Waals surface area contributed by atoms with Crippen molar-refractivity contribution in [3.8, 4) is 17.0 Å². The van der Waals surface area contributed by atoms with Crippen LogP contribution in [0.2, 0.25) is 18.1 Å². The summed E-state index contributed by atoms with van der Waals surface area (Å²) in [4.78, 5) is 22.5. The van der Waals surface area contributed by atoms with Crippen molar-refractivity contribution in [2.75, 3.05) is 24.7 Å². The van der Waals surface area contributed by atoms with Crippen LogP contribution in [0.15, 0.2) is 48.7 Å². The number of anilines is 1. The summed E-state index contributed by atoms with van der Waals surface area (Å²) in [5.74, 6) is 0.724. The van der Waals surface area contributed by atoms with Crippen LogP contribution in [-0.4, -0.2) is 49.2 Å². The lowest BCUT2D eigenvalue weighted by molar-refractivity contribution is 0.198. The van der Waals surface area contributed by atoms with Crippen molar-refractivity contribution in [1.82, 2.24) is 9.97 Å². The van der Waals surface area contributed by atoms with Crippen molar-refractivity contribution in [3.63, 3.8) is 0 Å². The number of hydrogen-bond donors (Lipinski definition) is 1. The number of aromatic nitrogens is 2. The summed E-state index contributed by atoms with van der Waals surface area (Å²) < 4.78 is 12.1. The van der Waals surface area contributed by atoms with Gasteiger partial charge in [-0.05, 0) is 47.8 Å². The number of fused-ring (bicyclic) bond motifs is 1. The Kier molecular flexibility index (Phi) is 8.10. The standard InChI is InChI=1S/C28H39N3O4Si/c1-27(2,3)19-31(26(32)33)21-11-9-20(10-12-21)25-18-29-23-14-13-22(17-24(23)30-25)34-15-16-35-36(7,8)28(4,5)6/h9-14,17-18H,15-16,19H2,1-8H3,(H,32,33). The van der Waals surface area contributed by atoms with Crippen LogP contribution in [0.4, 0.5) is 10.5 Å². The lowest BCUT2D eigenvalue weighted by atomic mass is 9.96. The largest absolute Gasteiger partial charge is 0.491 e. The van der Waals surface area contributed by atoms with Gasteiger partial charge in [-0.2, -0.15) is 0 Å². The molecule has 3 rings (SSSR count). The highest BCUT2D eigenvalue weighted by atomic mass is 28.4. The van der Waals surface area contributed by atoms with Crippen molar-refractivity contribution < 1.29 is 19.1 Å². The number of ether oxygens (including phenoxy) is 1. The van der Waals surface area contributed by atoms with Crippen molar-refractivity contribution in [3.05, 3.63) is 48.7 Å². The minimum absolute atomic E-state index is 0.155. The van der Waals surface area contributed by atoms with Crippen LogP contribution in [0.1, 0.15) is 41.5 Å². The highest BCUT2D eigenvalue weighted by molar-refractivity contribution is 6.74. The van der Waals surface area contributed by atoms with Crippen LogP contribution in [0.25, 0.3) is 22.3 Å². The minimum Gasteiger partial charge on any atom is -0.491 e. The molecule has 194 valence electrons. The SMILES string of the molecule is CC(C)(C)CN(C(=O)O)c1ccc(-c2cnc3ccc(OCCO[Si](C)(C)C(C)(C)C)cc3n2)cc1. The van der Waals surface area contributed by atoms with E-state index in [2.05, 4.69) is 38.8 Å². The molecule has 0 fully saturated rings. The predicted octanol–water partition coefficient (Wildman–Crippen LogP) is 7.23. The number of nitrogens with zero attached hydrogens (tertiary/aromatic N) is 3. The number of carbonyl (C=O) groups is 1. The maximum atomic E-state index is 11.8. The molecule has 36 heavy (non-hydrogen) atoms. The van der Waals surface area contributed by atoms with Gasteiger partial charge in [0.05, 0.1) is 29.5 Å². The molecule has 0 radical (unpaired) electrons. The number of benzene rings is 2. The molecule has 2 aromatic carbocycles. The second-order valence-electron chi connectivity index (χ2n) is 11.8. The lowest BCUT2D eigenvalue weighted by Crippen LogP contribution is -2.41. The molecule has 0 aliphatic rings. The Morgan fingerprint density at radius 2 is 1.64 bits per heavy atom. The van der Waals surface area contributed by atoms with Gasteiger partial charge in [-0.25, -0.2) is 9.78 Å². The Morgan fingerprint density at radius 3 is 2.22 bits per heavy atom. The molecule has 1 aromatic heterocycles. The molecule has 1 amide bonds. The smallest absolute Gasteiger partial charge is 0.411 e. The van der Waals surface area contributed by atoms with Gasteiger partial charge in [0.1, 0.15) is 12.4 Å². The third-order valence-electron chi connectivity index (χ3n) is 6.47. The van der Waals surface area contributed by atoms with E-state index in [4.69, 9.17) is 14.1 Å². The van der Waals surface area contributed by atoms with E-state index >= 15 is 0 Å². The van der Waals surface area contributed by atoms with E-state index in [1.165, 1.54) is 4.90 Å². The van der Waals surface area contributed by atoms with E-state index in [9.17, 15) is 9.90 Å². The Labute approximate surface area is 215 Å². The van der Waals surface area contributed by atoms with E-state index in [1.807, 2.05) is 63.2 Å². The average Bonchev–Trinajstić information content (AvgIpc) is 2.78. The van der Waals surface area contributed by atoms with E-state index in [0.717, 1.165) is 22.3 Å². The zero-order valence-electron chi connectivity index (χ0n) is 22.8. The monoisotopic (exact) mass is 509 g/mol. The fourth-order valence-corrected chi connectivity index (χ4v) is 4.48. The van der Waals surface area contributed by atoms with Crippen molar-refractivity contribution in [1.29, 1.82) is 0 Å². The summed E-state index contributed by atoms with van der Waals surface area (Å²) in [7, 11) is -1.80. The zero-order valence-corrected chi connectivity index (χ0v) is 23.8. The van der Waals surface area contributed by atoms with Crippen LogP contribution in [0.3, 0.4) is 0 Å². The first-order chi connectivity index (χ1) is 16.7. The molecule has 7 nitrogen and oxygen atoms in total. The van der Waals surface area contributed by atoms with E-state index in [-0.39, 0.29) is 10.5 Å². The van der Waals surface area contributed by atoms with Crippen molar-refractivity contribution in [2.45, 2.75) is 59.7 Å². The van der Waals surface area contributed by atoms with Gasteiger partial charge in [0.15, 0.2) is 8.32 Å². The first kappa shape index (κ1) is 27.6. The molecular weight excluding hydrogens is 470 g/mol. The third-order valence-corrected chi connectivity index (χ3v) is 11.0. The summed E-state index contributed by atoms with van der Waals surface area (Å²) >= 11 is 0. The summed E-state index contributed by atoms with van der Waals surface area (Å²) in [5, 5.41) is 9.82. The Balaban J connectivity index is 1.72. The van der Waals surface area contributed by atoms with Gasteiger partial charge in [-0.1, -0.05) is 53.7 Å². The van der Waals surface area contributed by atoms with Crippen LogP contribution in [0.5, 0.6) is 5.75 Å².